The van der Waals surface area contributed by atoms with Gasteiger partial charge in [0.25, 0.3) is 5.56 Å². The minimum absolute atomic E-state index is 0.0771. The second-order valence-electron chi connectivity index (χ2n) is 9.01. The predicted molar refractivity (Wildman–Crippen MR) is 123 cm³/mol. The van der Waals surface area contributed by atoms with Crippen LogP contribution in [0, 0.1) is 0 Å². The molecule has 1 fully saturated rings. The topological polar surface area (TPSA) is 119 Å². The van der Waals surface area contributed by atoms with Crippen LogP contribution in [-0.4, -0.2) is 33.6 Å². The van der Waals surface area contributed by atoms with Crippen molar-refractivity contribution in [3.63, 3.8) is 0 Å². The largest absolute Gasteiger partial charge is 0.502 e. The van der Waals surface area contributed by atoms with E-state index in [1.54, 1.807) is 10.6 Å². The molecule has 3 N–H and O–H groups in total. The first-order valence-electron chi connectivity index (χ1n) is 11.4. The van der Waals surface area contributed by atoms with E-state index in [2.05, 4.69) is 4.90 Å². The second kappa shape index (κ2) is 8.51. The average molecular weight is 450 g/mol. The number of nitrogens with two attached hydrogens (primary N) is 1. The molecule has 33 heavy (non-hydrogen) atoms. The summed E-state index contributed by atoms with van der Waals surface area (Å²) in [5.74, 6) is -1.87. The molecule has 3 aromatic rings. The highest BCUT2D eigenvalue weighted by Gasteiger charge is 2.30. The van der Waals surface area contributed by atoms with E-state index >= 15 is 0 Å². The lowest BCUT2D eigenvalue weighted by atomic mass is 9.91. The Morgan fingerprint density at radius 2 is 1.91 bits per heavy atom. The molecule has 5 rings (SSSR count). The molecule has 0 radical (unpaired) electrons. The normalized spacial score (nSPS) is 16.8. The monoisotopic (exact) mass is 449 g/mol. The molecule has 0 spiro atoms. The molecule has 1 amide bonds. The SMILES string of the molecule is NC(=O)CC(c1oc(CN2CCCCC2)cc(=O)c1O)c1cc2cccc3c2n(c1=O)CC3. The Bertz CT molecular complexity index is 1350. The maximum absolute atomic E-state index is 13.4. The Balaban J connectivity index is 1.64. The third-order valence-corrected chi connectivity index (χ3v) is 6.75. The molecular formula is C25H27N3O5. The first-order chi connectivity index (χ1) is 15.9. The van der Waals surface area contributed by atoms with Gasteiger partial charge in [0, 0.05) is 24.6 Å². The van der Waals surface area contributed by atoms with Crippen molar-refractivity contribution in [3.05, 3.63) is 73.6 Å². The molecule has 4 heterocycles. The number of piperidine rings is 1. The third-order valence-electron chi connectivity index (χ3n) is 6.75. The number of carbonyl (C=O) groups is 1. The number of likely N-dealkylation sites (tertiary alicyclic amines) is 1. The Morgan fingerprint density at radius 3 is 2.67 bits per heavy atom. The van der Waals surface area contributed by atoms with Gasteiger partial charge in [-0.25, -0.2) is 0 Å². The molecule has 8 nitrogen and oxygen atoms in total. The fourth-order valence-electron chi connectivity index (χ4n) is 5.19. The first-order valence-corrected chi connectivity index (χ1v) is 11.4. The molecule has 1 saturated heterocycles. The summed E-state index contributed by atoms with van der Waals surface area (Å²) < 4.78 is 7.71. The zero-order chi connectivity index (χ0) is 23.1. The zero-order valence-corrected chi connectivity index (χ0v) is 18.4. The lowest BCUT2D eigenvalue weighted by Crippen LogP contribution is -2.30. The summed E-state index contributed by atoms with van der Waals surface area (Å²) in [4.78, 5) is 40.3. The van der Waals surface area contributed by atoms with Crippen LogP contribution in [0.1, 0.15) is 54.2 Å². The standard InChI is InChI=1S/C25H27N3O5/c26-21(30)13-18(19-11-16-6-4-5-15-7-10-28(22(15)16)25(19)32)24-23(31)20(29)12-17(33-24)14-27-8-2-1-3-9-27/h4-6,11-12,18,31H,1-3,7-10,13-14H2,(H2,26,30). The zero-order valence-electron chi connectivity index (χ0n) is 18.4. The van der Waals surface area contributed by atoms with Gasteiger partial charge in [-0.15, -0.1) is 0 Å². The molecule has 2 aliphatic heterocycles. The molecule has 1 atom stereocenters. The van der Waals surface area contributed by atoms with E-state index in [0.29, 0.717) is 18.8 Å². The van der Waals surface area contributed by atoms with Crippen LogP contribution in [0.2, 0.25) is 0 Å². The maximum atomic E-state index is 13.4. The Labute approximate surface area is 190 Å². The van der Waals surface area contributed by atoms with Crippen molar-refractivity contribution < 1.29 is 14.3 Å². The van der Waals surface area contributed by atoms with Gasteiger partial charge < -0.3 is 19.8 Å². The van der Waals surface area contributed by atoms with Crippen LogP contribution in [0.3, 0.4) is 0 Å². The van der Waals surface area contributed by atoms with E-state index in [0.717, 1.165) is 48.8 Å². The summed E-state index contributed by atoms with van der Waals surface area (Å²) in [6.07, 6.45) is 3.83. The molecule has 2 aromatic heterocycles. The van der Waals surface area contributed by atoms with E-state index in [4.69, 9.17) is 10.2 Å². The average Bonchev–Trinajstić information content (AvgIpc) is 3.24. The van der Waals surface area contributed by atoms with Crippen LogP contribution in [0.4, 0.5) is 0 Å². The van der Waals surface area contributed by atoms with Crippen molar-refractivity contribution in [2.24, 2.45) is 5.73 Å². The van der Waals surface area contributed by atoms with Gasteiger partial charge in [-0.3, -0.25) is 19.3 Å². The first kappa shape index (κ1) is 21.5. The van der Waals surface area contributed by atoms with Crippen LogP contribution in [0.15, 0.2) is 44.3 Å². The summed E-state index contributed by atoms with van der Waals surface area (Å²) >= 11 is 0. The van der Waals surface area contributed by atoms with Crippen LogP contribution in [-0.2, 0) is 24.3 Å². The van der Waals surface area contributed by atoms with Gasteiger partial charge >= 0.3 is 0 Å². The van der Waals surface area contributed by atoms with Gasteiger partial charge in [0.1, 0.15) is 5.76 Å². The minimum atomic E-state index is -0.957. The van der Waals surface area contributed by atoms with Gasteiger partial charge in [0.2, 0.25) is 17.1 Å². The van der Waals surface area contributed by atoms with Gasteiger partial charge in [0.15, 0.2) is 5.76 Å². The number of hydrogen-bond donors (Lipinski definition) is 2. The summed E-state index contributed by atoms with van der Waals surface area (Å²) in [5, 5.41) is 11.5. The van der Waals surface area contributed by atoms with Crippen LogP contribution in [0.5, 0.6) is 5.75 Å². The van der Waals surface area contributed by atoms with Crippen molar-refractivity contribution in [1.29, 1.82) is 0 Å². The maximum Gasteiger partial charge on any atom is 0.255 e. The number of rotatable bonds is 6. The summed E-state index contributed by atoms with van der Waals surface area (Å²) in [6.45, 7) is 2.78. The van der Waals surface area contributed by atoms with Crippen LogP contribution in [0.25, 0.3) is 10.9 Å². The molecule has 1 aromatic carbocycles. The van der Waals surface area contributed by atoms with Gasteiger partial charge in [-0.1, -0.05) is 24.6 Å². The van der Waals surface area contributed by atoms with E-state index in [9.17, 15) is 19.5 Å². The molecule has 8 heteroatoms. The lowest BCUT2D eigenvalue weighted by molar-refractivity contribution is -0.118. The highest BCUT2D eigenvalue weighted by atomic mass is 16.4. The molecule has 0 bridgehead atoms. The Morgan fingerprint density at radius 1 is 1.12 bits per heavy atom. The fourth-order valence-corrected chi connectivity index (χ4v) is 5.19. The van der Waals surface area contributed by atoms with Gasteiger partial charge in [0.05, 0.1) is 18.0 Å². The van der Waals surface area contributed by atoms with Crippen LogP contribution >= 0.6 is 0 Å². The number of benzene rings is 1. The number of amides is 1. The highest BCUT2D eigenvalue weighted by molar-refractivity contribution is 5.84. The molecule has 0 saturated carbocycles. The number of pyridine rings is 1. The number of carbonyl (C=O) groups excluding carboxylic acids is 1. The number of aromatic hydroxyl groups is 1. The molecule has 172 valence electrons. The van der Waals surface area contributed by atoms with E-state index in [1.807, 2.05) is 18.2 Å². The number of hydrogen-bond acceptors (Lipinski definition) is 6. The van der Waals surface area contributed by atoms with Crippen molar-refractivity contribution in [2.75, 3.05) is 13.1 Å². The number of para-hydroxylation sites is 1. The van der Waals surface area contributed by atoms with Crippen LogP contribution < -0.4 is 16.7 Å². The van der Waals surface area contributed by atoms with E-state index in [1.165, 1.54) is 12.5 Å². The summed E-state index contributed by atoms with van der Waals surface area (Å²) in [5.41, 5.74) is 6.94. The van der Waals surface area contributed by atoms with Crippen molar-refractivity contribution >= 4 is 16.8 Å². The molecular weight excluding hydrogens is 422 g/mol. The fraction of sp³-hybridized carbons (Fsp3) is 0.400. The van der Waals surface area contributed by atoms with Crippen molar-refractivity contribution in [3.8, 4) is 5.75 Å². The van der Waals surface area contributed by atoms with E-state index < -0.39 is 23.0 Å². The summed E-state index contributed by atoms with van der Waals surface area (Å²) in [6, 6.07) is 8.86. The molecule has 1 unspecified atom stereocenters. The quantitative estimate of drug-likeness (QED) is 0.596. The predicted octanol–water partition coefficient (Wildman–Crippen LogP) is 2.21. The Kier molecular flexibility index (Phi) is 5.54. The van der Waals surface area contributed by atoms with Gasteiger partial charge in [-0.2, -0.15) is 0 Å². The summed E-state index contributed by atoms with van der Waals surface area (Å²) in [7, 11) is 0. The number of aromatic nitrogens is 1. The number of aryl methyl sites for hydroxylation is 2. The number of primary amides is 1. The Hall–Kier alpha value is -3.39. The van der Waals surface area contributed by atoms with E-state index in [-0.39, 0.29) is 23.3 Å². The molecule has 2 aliphatic rings. The molecule has 0 aliphatic carbocycles. The lowest BCUT2D eigenvalue weighted by Gasteiger charge is -2.26. The highest BCUT2D eigenvalue weighted by Crippen LogP contribution is 2.34. The van der Waals surface area contributed by atoms with Crippen molar-refractivity contribution in [1.82, 2.24) is 9.47 Å². The third kappa shape index (κ3) is 3.95. The second-order valence-corrected chi connectivity index (χ2v) is 9.01. The number of nitrogens with zero attached hydrogens (tertiary/aromatic N) is 2. The smallest absolute Gasteiger partial charge is 0.255 e. The minimum Gasteiger partial charge on any atom is -0.502 e. The van der Waals surface area contributed by atoms with Crippen molar-refractivity contribution in [2.45, 2.75) is 51.1 Å². The van der Waals surface area contributed by atoms with Gasteiger partial charge in [-0.05, 0) is 49.4 Å².